The third-order valence-electron chi connectivity index (χ3n) is 2.16. The molecule has 4 N–H and O–H groups in total. The average molecular weight is 219 g/mol. The van der Waals surface area contributed by atoms with E-state index in [1.54, 1.807) is 12.3 Å². The summed E-state index contributed by atoms with van der Waals surface area (Å²) in [4.78, 5) is 12.2. The number of nitrogens with zero attached hydrogens (tertiary/aromatic N) is 4. The summed E-state index contributed by atoms with van der Waals surface area (Å²) in [5, 5.41) is 3.13. The molecule has 0 aliphatic rings. The highest BCUT2D eigenvalue weighted by Gasteiger charge is 2.00. The molecule has 2 heterocycles. The number of nitrogens with two attached hydrogens (primary N) is 1. The van der Waals surface area contributed by atoms with Crippen molar-refractivity contribution in [3.05, 3.63) is 30.6 Å². The minimum absolute atomic E-state index is 0.567. The molecular formula is C9H13N7. The Kier molecular flexibility index (Phi) is 2.97. The van der Waals surface area contributed by atoms with Crippen molar-refractivity contribution in [1.82, 2.24) is 19.5 Å². The minimum atomic E-state index is 0.567. The summed E-state index contributed by atoms with van der Waals surface area (Å²) < 4.78 is 1.94. The Bertz CT molecular complexity index is 464. The van der Waals surface area contributed by atoms with Crippen LogP contribution in [-0.4, -0.2) is 19.5 Å². The molecule has 0 atom stereocenters. The van der Waals surface area contributed by atoms with Crippen molar-refractivity contribution in [3.8, 4) is 0 Å². The molecule has 0 amide bonds. The number of anilines is 2. The maximum atomic E-state index is 5.25. The first-order valence-corrected chi connectivity index (χ1v) is 4.78. The van der Waals surface area contributed by atoms with Gasteiger partial charge in [0.1, 0.15) is 23.8 Å². The molecule has 0 bridgehead atoms. The van der Waals surface area contributed by atoms with Crippen LogP contribution < -0.4 is 16.6 Å². The highest BCUT2D eigenvalue weighted by Crippen LogP contribution is 2.08. The molecule has 2 aromatic rings. The van der Waals surface area contributed by atoms with Crippen molar-refractivity contribution >= 4 is 11.6 Å². The standard InChI is InChI=1S/C9H13N7/c1-16-3-2-11-9(16)5-12-7-4-8(15-10)14-6-13-7/h2-4,6H,5,10H2,1H3,(H2,12,13,14,15). The van der Waals surface area contributed by atoms with E-state index >= 15 is 0 Å². The topological polar surface area (TPSA) is 93.7 Å². The number of imidazole rings is 1. The molecule has 0 saturated heterocycles. The molecule has 0 aliphatic carbocycles. The van der Waals surface area contributed by atoms with Crippen LogP contribution in [0.2, 0.25) is 0 Å². The van der Waals surface area contributed by atoms with Crippen LogP contribution in [-0.2, 0) is 13.6 Å². The van der Waals surface area contributed by atoms with Gasteiger partial charge >= 0.3 is 0 Å². The quantitative estimate of drug-likeness (QED) is 0.499. The maximum Gasteiger partial charge on any atom is 0.145 e. The van der Waals surface area contributed by atoms with E-state index in [1.807, 2.05) is 17.8 Å². The molecule has 0 aliphatic heterocycles. The van der Waals surface area contributed by atoms with Crippen molar-refractivity contribution < 1.29 is 0 Å². The van der Waals surface area contributed by atoms with E-state index in [2.05, 4.69) is 25.7 Å². The van der Waals surface area contributed by atoms with Crippen molar-refractivity contribution in [1.29, 1.82) is 0 Å². The summed E-state index contributed by atoms with van der Waals surface area (Å²) in [5.74, 6) is 7.45. The number of hydrazine groups is 1. The Hall–Kier alpha value is -2.15. The van der Waals surface area contributed by atoms with E-state index in [0.29, 0.717) is 18.2 Å². The summed E-state index contributed by atoms with van der Waals surface area (Å²) >= 11 is 0. The predicted molar refractivity (Wildman–Crippen MR) is 60.4 cm³/mol. The van der Waals surface area contributed by atoms with Crippen LogP contribution in [0.1, 0.15) is 5.82 Å². The maximum absolute atomic E-state index is 5.25. The van der Waals surface area contributed by atoms with Gasteiger partial charge in [-0.15, -0.1) is 0 Å². The summed E-state index contributed by atoms with van der Waals surface area (Å²) in [6.45, 7) is 0.602. The fourth-order valence-electron chi connectivity index (χ4n) is 1.27. The first kappa shape index (κ1) is 10.4. The zero-order valence-electron chi connectivity index (χ0n) is 8.88. The first-order chi connectivity index (χ1) is 7.79. The highest BCUT2D eigenvalue weighted by atomic mass is 15.3. The number of hydrogen-bond acceptors (Lipinski definition) is 6. The lowest BCUT2D eigenvalue weighted by Crippen LogP contribution is -2.11. The van der Waals surface area contributed by atoms with Crippen LogP contribution in [0.25, 0.3) is 0 Å². The van der Waals surface area contributed by atoms with E-state index in [9.17, 15) is 0 Å². The molecule has 16 heavy (non-hydrogen) atoms. The van der Waals surface area contributed by atoms with Crippen molar-refractivity contribution in [2.24, 2.45) is 12.9 Å². The van der Waals surface area contributed by atoms with E-state index in [0.717, 1.165) is 5.82 Å². The second-order valence-electron chi connectivity index (χ2n) is 3.24. The largest absolute Gasteiger partial charge is 0.363 e. The number of nitrogens with one attached hydrogen (secondary N) is 2. The SMILES string of the molecule is Cn1ccnc1CNc1cc(NN)ncn1. The smallest absolute Gasteiger partial charge is 0.145 e. The lowest BCUT2D eigenvalue weighted by molar-refractivity contribution is 0.810. The van der Waals surface area contributed by atoms with Gasteiger partial charge in [-0.25, -0.2) is 20.8 Å². The zero-order valence-corrected chi connectivity index (χ0v) is 8.88. The van der Waals surface area contributed by atoms with E-state index in [4.69, 9.17) is 5.84 Å². The number of aryl methyl sites for hydroxylation is 1. The second-order valence-corrected chi connectivity index (χ2v) is 3.24. The Morgan fingerprint density at radius 2 is 2.12 bits per heavy atom. The summed E-state index contributed by atoms with van der Waals surface area (Å²) in [5.41, 5.74) is 2.46. The molecule has 0 fully saturated rings. The fraction of sp³-hybridized carbons (Fsp3) is 0.222. The number of aromatic nitrogens is 4. The lowest BCUT2D eigenvalue weighted by Gasteiger charge is -2.06. The lowest BCUT2D eigenvalue weighted by atomic mass is 10.5. The molecular weight excluding hydrogens is 206 g/mol. The monoisotopic (exact) mass is 219 g/mol. The van der Waals surface area contributed by atoms with Crippen LogP contribution >= 0.6 is 0 Å². The van der Waals surface area contributed by atoms with E-state index in [-0.39, 0.29) is 0 Å². The molecule has 84 valence electrons. The molecule has 0 unspecified atom stereocenters. The van der Waals surface area contributed by atoms with E-state index in [1.165, 1.54) is 6.33 Å². The summed E-state index contributed by atoms with van der Waals surface area (Å²) in [6.07, 6.45) is 5.09. The molecule has 7 heteroatoms. The van der Waals surface area contributed by atoms with Gasteiger partial charge < -0.3 is 15.3 Å². The average Bonchev–Trinajstić information content (AvgIpc) is 2.72. The minimum Gasteiger partial charge on any atom is -0.363 e. The molecule has 7 nitrogen and oxygen atoms in total. The van der Waals surface area contributed by atoms with Gasteiger partial charge in [-0.1, -0.05) is 0 Å². The second kappa shape index (κ2) is 4.58. The van der Waals surface area contributed by atoms with E-state index < -0.39 is 0 Å². The summed E-state index contributed by atoms with van der Waals surface area (Å²) in [7, 11) is 1.94. The van der Waals surface area contributed by atoms with Crippen molar-refractivity contribution in [2.75, 3.05) is 10.7 Å². The van der Waals surface area contributed by atoms with Gasteiger partial charge in [0, 0.05) is 25.5 Å². The molecule has 0 spiro atoms. The van der Waals surface area contributed by atoms with Crippen molar-refractivity contribution in [2.45, 2.75) is 6.54 Å². The fourth-order valence-corrected chi connectivity index (χ4v) is 1.27. The van der Waals surface area contributed by atoms with Crippen LogP contribution in [0, 0.1) is 0 Å². The Morgan fingerprint density at radius 1 is 1.31 bits per heavy atom. The predicted octanol–water partition coefficient (Wildman–Crippen LogP) is 0.108. The third-order valence-corrected chi connectivity index (χ3v) is 2.16. The Labute approximate surface area is 92.7 Å². The number of rotatable bonds is 4. The molecule has 0 radical (unpaired) electrons. The number of hydrogen-bond donors (Lipinski definition) is 3. The zero-order chi connectivity index (χ0) is 11.4. The molecule has 0 saturated carbocycles. The van der Waals surface area contributed by atoms with Crippen LogP contribution in [0.4, 0.5) is 11.6 Å². The normalized spacial score (nSPS) is 10.1. The Balaban J connectivity index is 2.02. The van der Waals surface area contributed by atoms with Gasteiger partial charge in [0.25, 0.3) is 0 Å². The highest BCUT2D eigenvalue weighted by molar-refractivity contribution is 5.45. The van der Waals surface area contributed by atoms with Crippen molar-refractivity contribution in [3.63, 3.8) is 0 Å². The first-order valence-electron chi connectivity index (χ1n) is 4.78. The number of nitrogen functional groups attached to an aromatic ring is 1. The van der Waals surface area contributed by atoms with Gasteiger partial charge in [-0.05, 0) is 0 Å². The Morgan fingerprint density at radius 3 is 2.81 bits per heavy atom. The summed E-state index contributed by atoms with van der Waals surface area (Å²) in [6, 6.07) is 1.73. The molecule has 0 aromatic carbocycles. The van der Waals surface area contributed by atoms with Gasteiger partial charge in [0.15, 0.2) is 0 Å². The van der Waals surface area contributed by atoms with Gasteiger partial charge in [0.2, 0.25) is 0 Å². The molecule has 2 rings (SSSR count). The van der Waals surface area contributed by atoms with Gasteiger partial charge in [-0.2, -0.15) is 0 Å². The van der Waals surface area contributed by atoms with Gasteiger partial charge in [0.05, 0.1) is 6.54 Å². The van der Waals surface area contributed by atoms with Crippen LogP contribution in [0.3, 0.4) is 0 Å². The van der Waals surface area contributed by atoms with Crippen LogP contribution in [0.5, 0.6) is 0 Å². The molecule has 2 aromatic heterocycles. The third kappa shape index (κ3) is 2.26. The van der Waals surface area contributed by atoms with Crippen LogP contribution in [0.15, 0.2) is 24.8 Å². The van der Waals surface area contributed by atoms with Gasteiger partial charge in [-0.3, -0.25) is 0 Å².